The highest BCUT2D eigenvalue weighted by Gasteiger charge is 2.36. The Kier molecular flexibility index (Phi) is 4.43. The third-order valence-corrected chi connectivity index (χ3v) is 4.24. The third kappa shape index (κ3) is 3.44. The quantitative estimate of drug-likeness (QED) is 0.797. The van der Waals surface area contributed by atoms with Crippen LogP contribution in [0.4, 0.5) is 0 Å². The maximum atomic E-state index is 12.5. The number of nitrogens with two attached hydrogens (primary N) is 1. The van der Waals surface area contributed by atoms with Gasteiger partial charge < -0.3 is 10.6 Å². The molecule has 0 saturated heterocycles. The molecule has 0 aliphatic heterocycles. The van der Waals surface area contributed by atoms with Crippen molar-refractivity contribution in [3.63, 3.8) is 0 Å². The van der Waals surface area contributed by atoms with Gasteiger partial charge in [0.2, 0.25) is 5.91 Å². The van der Waals surface area contributed by atoms with Crippen LogP contribution in [0.25, 0.3) is 0 Å². The van der Waals surface area contributed by atoms with Crippen molar-refractivity contribution in [2.24, 2.45) is 17.6 Å². The maximum absolute atomic E-state index is 12.5. The van der Waals surface area contributed by atoms with Gasteiger partial charge in [0.05, 0.1) is 0 Å². The van der Waals surface area contributed by atoms with Gasteiger partial charge in [0, 0.05) is 18.5 Å². The lowest BCUT2D eigenvalue weighted by molar-refractivity contribution is -0.137. The summed E-state index contributed by atoms with van der Waals surface area (Å²) in [6.45, 7) is 3.87. The van der Waals surface area contributed by atoms with E-state index < -0.39 is 0 Å². The molecule has 2 saturated carbocycles. The summed E-state index contributed by atoms with van der Waals surface area (Å²) in [5.41, 5.74) is 5.56. The van der Waals surface area contributed by atoms with Crippen LogP contribution in [-0.2, 0) is 4.79 Å². The SMILES string of the molecule is CC1CCC(C(=O)N(CCCN)C2CC2)CC1. The fraction of sp³-hybridized carbons (Fsp3) is 0.929. The molecule has 2 N–H and O–H groups in total. The monoisotopic (exact) mass is 238 g/mol. The van der Waals surface area contributed by atoms with E-state index in [1.54, 1.807) is 0 Å². The van der Waals surface area contributed by atoms with Gasteiger partial charge in [-0.1, -0.05) is 6.92 Å². The van der Waals surface area contributed by atoms with Gasteiger partial charge in [-0.15, -0.1) is 0 Å². The van der Waals surface area contributed by atoms with Crippen molar-refractivity contribution >= 4 is 5.91 Å². The smallest absolute Gasteiger partial charge is 0.225 e. The van der Waals surface area contributed by atoms with E-state index in [4.69, 9.17) is 5.73 Å². The lowest BCUT2D eigenvalue weighted by Gasteiger charge is -2.31. The van der Waals surface area contributed by atoms with Crippen molar-refractivity contribution < 1.29 is 4.79 Å². The van der Waals surface area contributed by atoms with E-state index in [1.165, 1.54) is 25.7 Å². The zero-order valence-electron chi connectivity index (χ0n) is 11.0. The summed E-state index contributed by atoms with van der Waals surface area (Å²) >= 11 is 0. The molecule has 98 valence electrons. The van der Waals surface area contributed by atoms with Crippen LogP contribution in [-0.4, -0.2) is 29.9 Å². The van der Waals surface area contributed by atoms with Gasteiger partial charge in [-0.25, -0.2) is 0 Å². The van der Waals surface area contributed by atoms with Crippen molar-refractivity contribution in [3.05, 3.63) is 0 Å². The number of amides is 1. The molecule has 0 spiro atoms. The molecule has 2 fully saturated rings. The van der Waals surface area contributed by atoms with Crippen molar-refractivity contribution in [1.29, 1.82) is 0 Å². The number of hydrogen-bond acceptors (Lipinski definition) is 2. The van der Waals surface area contributed by atoms with Crippen LogP contribution in [0.15, 0.2) is 0 Å². The normalized spacial score (nSPS) is 29.1. The summed E-state index contributed by atoms with van der Waals surface area (Å²) in [6, 6.07) is 0.549. The van der Waals surface area contributed by atoms with Crippen LogP contribution < -0.4 is 5.73 Å². The molecular weight excluding hydrogens is 212 g/mol. The van der Waals surface area contributed by atoms with E-state index in [1.807, 2.05) is 0 Å². The van der Waals surface area contributed by atoms with E-state index in [-0.39, 0.29) is 0 Å². The summed E-state index contributed by atoms with van der Waals surface area (Å²) in [6.07, 6.45) is 8.03. The highest BCUT2D eigenvalue weighted by atomic mass is 16.2. The van der Waals surface area contributed by atoms with Gasteiger partial charge in [0.15, 0.2) is 0 Å². The largest absolute Gasteiger partial charge is 0.339 e. The second-order valence-corrected chi connectivity index (χ2v) is 5.86. The molecule has 0 aromatic carbocycles. The highest BCUT2D eigenvalue weighted by molar-refractivity contribution is 5.79. The van der Waals surface area contributed by atoms with E-state index in [9.17, 15) is 4.79 Å². The standard InChI is InChI=1S/C14H26N2O/c1-11-3-5-12(6-4-11)14(17)16(10-2-9-15)13-7-8-13/h11-13H,2-10,15H2,1H3. The van der Waals surface area contributed by atoms with Gasteiger partial charge in [-0.05, 0) is 57.4 Å². The van der Waals surface area contributed by atoms with Crippen LogP contribution in [0.3, 0.4) is 0 Å². The molecule has 0 aromatic heterocycles. The Labute approximate surface area is 105 Å². The Morgan fingerprint density at radius 2 is 1.82 bits per heavy atom. The molecule has 2 aliphatic rings. The van der Waals surface area contributed by atoms with Crippen molar-refractivity contribution in [2.75, 3.05) is 13.1 Å². The van der Waals surface area contributed by atoms with Crippen molar-refractivity contribution in [3.8, 4) is 0 Å². The first-order chi connectivity index (χ1) is 8.22. The molecule has 0 bridgehead atoms. The highest BCUT2D eigenvalue weighted by Crippen LogP contribution is 2.33. The Morgan fingerprint density at radius 3 is 2.35 bits per heavy atom. The Balaban J connectivity index is 1.86. The summed E-state index contributed by atoms with van der Waals surface area (Å²) in [7, 11) is 0. The molecular formula is C14H26N2O. The maximum Gasteiger partial charge on any atom is 0.225 e. The Hall–Kier alpha value is -0.570. The minimum atomic E-state index is 0.310. The second-order valence-electron chi connectivity index (χ2n) is 5.86. The minimum Gasteiger partial charge on any atom is -0.339 e. The fourth-order valence-corrected chi connectivity index (χ4v) is 2.86. The number of rotatable bonds is 5. The first-order valence-electron chi connectivity index (χ1n) is 7.23. The molecule has 3 nitrogen and oxygen atoms in total. The third-order valence-electron chi connectivity index (χ3n) is 4.24. The number of carbonyl (C=O) groups excluding carboxylic acids is 1. The summed E-state index contributed by atoms with van der Waals surface area (Å²) in [4.78, 5) is 14.6. The first-order valence-corrected chi connectivity index (χ1v) is 7.23. The van der Waals surface area contributed by atoms with E-state index in [0.717, 1.165) is 31.7 Å². The molecule has 2 aliphatic carbocycles. The second kappa shape index (κ2) is 5.85. The molecule has 0 heterocycles. The van der Waals surface area contributed by atoms with Crippen molar-refractivity contribution in [2.45, 2.75) is 57.9 Å². The molecule has 3 heteroatoms. The summed E-state index contributed by atoms with van der Waals surface area (Å²) in [5.74, 6) is 1.55. The average molecular weight is 238 g/mol. The zero-order chi connectivity index (χ0) is 12.3. The predicted molar refractivity (Wildman–Crippen MR) is 69.5 cm³/mol. The van der Waals surface area contributed by atoms with Crippen LogP contribution in [0.5, 0.6) is 0 Å². The number of nitrogens with zero attached hydrogens (tertiary/aromatic N) is 1. The Morgan fingerprint density at radius 1 is 1.18 bits per heavy atom. The van der Waals surface area contributed by atoms with Crippen LogP contribution >= 0.6 is 0 Å². The molecule has 1 amide bonds. The van der Waals surface area contributed by atoms with Crippen LogP contribution in [0.1, 0.15) is 51.9 Å². The number of carbonyl (C=O) groups is 1. The summed E-state index contributed by atoms with van der Waals surface area (Å²) in [5, 5.41) is 0. The Bertz CT molecular complexity index is 255. The summed E-state index contributed by atoms with van der Waals surface area (Å²) < 4.78 is 0. The van der Waals surface area contributed by atoms with Crippen LogP contribution in [0.2, 0.25) is 0 Å². The van der Waals surface area contributed by atoms with Gasteiger partial charge in [-0.2, -0.15) is 0 Å². The van der Waals surface area contributed by atoms with E-state index in [0.29, 0.717) is 24.4 Å². The van der Waals surface area contributed by atoms with Crippen molar-refractivity contribution in [1.82, 2.24) is 4.90 Å². The molecule has 0 unspecified atom stereocenters. The molecule has 0 aromatic rings. The van der Waals surface area contributed by atoms with E-state index >= 15 is 0 Å². The van der Waals surface area contributed by atoms with E-state index in [2.05, 4.69) is 11.8 Å². The lowest BCUT2D eigenvalue weighted by atomic mass is 9.82. The average Bonchev–Trinajstić information content (AvgIpc) is 3.14. The topological polar surface area (TPSA) is 46.3 Å². The molecule has 0 atom stereocenters. The lowest BCUT2D eigenvalue weighted by Crippen LogP contribution is -2.40. The minimum absolute atomic E-state index is 0.310. The molecule has 2 rings (SSSR count). The molecule has 17 heavy (non-hydrogen) atoms. The zero-order valence-corrected chi connectivity index (χ0v) is 11.0. The predicted octanol–water partition coefficient (Wildman–Crippen LogP) is 2.15. The number of hydrogen-bond donors (Lipinski definition) is 1. The van der Waals surface area contributed by atoms with Gasteiger partial charge in [-0.3, -0.25) is 4.79 Å². The van der Waals surface area contributed by atoms with Gasteiger partial charge in [0.1, 0.15) is 0 Å². The van der Waals surface area contributed by atoms with Gasteiger partial charge in [0.25, 0.3) is 0 Å². The van der Waals surface area contributed by atoms with Gasteiger partial charge >= 0.3 is 0 Å². The molecule has 0 radical (unpaired) electrons. The van der Waals surface area contributed by atoms with Crippen LogP contribution in [0, 0.1) is 11.8 Å². The fourth-order valence-electron chi connectivity index (χ4n) is 2.86. The first kappa shape index (κ1) is 12.9.